The Labute approximate surface area is 147 Å². The van der Waals surface area contributed by atoms with E-state index in [1.54, 1.807) is 0 Å². The minimum atomic E-state index is -0.213. The van der Waals surface area contributed by atoms with Crippen LogP contribution in [0.3, 0.4) is 0 Å². The summed E-state index contributed by atoms with van der Waals surface area (Å²) >= 11 is 3.42. The molecule has 2 aromatic rings. The Hall–Kier alpha value is -1.61. The van der Waals surface area contributed by atoms with E-state index in [1.165, 1.54) is 5.56 Å². The van der Waals surface area contributed by atoms with Crippen LogP contribution in [0.4, 0.5) is 0 Å². The van der Waals surface area contributed by atoms with Crippen LogP contribution in [-0.4, -0.2) is 5.97 Å². The molecule has 0 unspecified atom stereocenters. The molecule has 122 valence electrons. The zero-order valence-corrected chi connectivity index (χ0v) is 15.7. The average Bonchev–Trinajstić information content (AvgIpc) is 2.47. The summed E-state index contributed by atoms with van der Waals surface area (Å²) in [5.74, 6) is 0.359. The lowest BCUT2D eigenvalue weighted by atomic mass is 9.86. The molecule has 0 radical (unpaired) electrons. The second kappa shape index (κ2) is 7.31. The number of halogens is 1. The molecule has 0 bridgehead atoms. The highest BCUT2D eigenvalue weighted by atomic mass is 79.9. The number of hydrogen-bond donors (Lipinski definition) is 0. The topological polar surface area (TPSA) is 26.3 Å². The summed E-state index contributed by atoms with van der Waals surface area (Å²) in [6, 6.07) is 14.1. The van der Waals surface area contributed by atoms with Gasteiger partial charge in [0.25, 0.3) is 0 Å². The molecule has 0 atom stereocenters. The predicted octanol–water partition coefficient (Wildman–Crippen LogP) is 5.59. The number of carbonyl (C=O) groups excluding carboxylic acids is 1. The SMILES string of the molecule is Cc1ccc(OC(=O)CCc2ccc(C(C)(C)C)cc2)c(Br)c1. The lowest BCUT2D eigenvalue weighted by Crippen LogP contribution is -2.11. The minimum Gasteiger partial charge on any atom is -0.425 e. The Balaban J connectivity index is 1.91. The number of ether oxygens (including phenoxy) is 1. The van der Waals surface area contributed by atoms with Crippen LogP contribution in [0, 0.1) is 6.92 Å². The maximum absolute atomic E-state index is 12.0. The van der Waals surface area contributed by atoms with Crippen LogP contribution >= 0.6 is 15.9 Å². The van der Waals surface area contributed by atoms with Crippen LogP contribution in [0.1, 0.15) is 43.9 Å². The van der Waals surface area contributed by atoms with Gasteiger partial charge in [-0.25, -0.2) is 0 Å². The number of carbonyl (C=O) groups is 1. The summed E-state index contributed by atoms with van der Waals surface area (Å²) in [4.78, 5) is 12.0. The van der Waals surface area contributed by atoms with E-state index in [9.17, 15) is 4.79 Å². The van der Waals surface area contributed by atoms with Gasteiger partial charge in [-0.15, -0.1) is 0 Å². The minimum absolute atomic E-state index is 0.148. The Kier molecular flexibility index (Phi) is 5.64. The Morgan fingerprint density at radius 2 is 1.74 bits per heavy atom. The lowest BCUT2D eigenvalue weighted by Gasteiger charge is -2.19. The first-order chi connectivity index (χ1) is 10.8. The highest BCUT2D eigenvalue weighted by molar-refractivity contribution is 9.10. The van der Waals surface area contributed by atoms with Crippen LogP contribution in [0.2, 0.25) is 0 Å². The fourth-order valence-electron chi connectivity index (χ4n) is 2.28. The molecule has 0 N–H and O–H groups in total. The normalized spacial score (nSPS) is 11.3. The van der Waals surface area contributed by atoms with Crippen molar-refractivity contribution in [3.63, 3.8) is 0 Å². The van der Waals surface area contributed by atoms with Gasteiger partial charge in [0.2, 0.25) is 0 Å². The monoisotopic (exact) mass is 374 g/mol. The van der Waals surface area contributed by atoms with Crippen molar-refractivity contribution in [2.75, 3.05) is 0 Å². The van der Waals surface area contributed by atoms with Crippen molar-refractivity contribution in [2.24, 2.45) is 0 Å². The largest absolute Gasteiger partial charge is 0.425 e. The average molecular weight is 375 g/mol. The summed E-state index contributed by atoms with van der Waals surface area (Å²) in [7, 11) is 0. The van der Waals surface area contributed by atoms with Crippen molar-refractivity contribution >= 4 is 21.9 Å². The molecule has 0 heterocycles. The van der Waals surface area contributed by atoms with Crippen molar-refractivity contribution in [2.45, 2.75) is 46.0 Å². The van der Waals surface area contributed by atoms with Crippen molar-refractivity contribution in [3.05, 3.63) is 63.6 Å². The van der Waals surface area contributed by atoms with Gasteiger partial charge < -0.3 is 4.74 Å². The molecule has 0 amide bonds. The number of benzene rings is 2. The van der Waals surface area contributed by atoms with Gasteiger partial charge in [0.15, 0.2) is 0 Å². The van der Waals surface area contributed by atoms with E-state index < -0.39 is 0 Å². The highest BCUT2D eigenvalue weighted by Crippen LogP contribution is 2.26. The third kappa shape index (κ3) is 5.21. The summed E-state index contributed by atoms with van der Waals surface area (Å²) in [6.45, 7) is 8.58. The second-order valence-electron chi connectivity index (χ2n) is 6.85. The molecule has 0 saturated carbocycles. The summed E-state index contributed by atoms with van der Waals surface area (Å²) in [5, 5.41) is 0. The standard InChI is InChI=1S/C20H23BrO2/c1-14-5-11-18(17(21)13-14)23-19(22)12-8-15-6-9-16(10-7-15)20(2,3)4/h5-7,9-11,13H,8,12H2,1-4H3. The molecule has 23 heavy (non-hydrogen) atoms. The molecule has 2 nitrogen and oxygen atoms in total. The van der Waals surface area contributed by atoms with Crippen molar-refractivity contribution in [3.8, 4) is 5.75 Å². The summed E-state index contributed by atoms with van der Waals surface area (Å²) in [6.07, 6.45) is 1.06. The van der Waals surface area contributed by atoms with Crippen LogP contribution in [0.15, 0.2) is 46.9 Å². The number of rotatable bonds is 4. The first-order valence-electron chi connectivity index (χ1n) is 7.82. The molecular formula is C20H23BrO2. The fraction of sp³-hybridized carbons (Fsp3) is 0.350. The maximum atomic E-state index is 12.0. The molecule has 2 rings (SSSR count). The second-order valence-corrected chi connectivity index (χ2v) is 7.71. The van der Waals surface area contributed by atoms with E-state index in [1.807, 2.05) is 25.1 Å². The molecule has 0 saturated heterocycles. The van der Waals surface area contributed by atoms with Gasteiger partial charge in [0.05, 0.1) is 4.47 Å². The zero-order chi connectivity index (χ0) is 17.0. The molecule has 0 spiro atoms. The Bertz CT molecular complexity index is 682. The Morgan fingerprint density at radius 3 is 2.30 bits per heavy atom. The quantitative estimate of drug-likeness (QED) is 0.514. The van der Waals surface area contributed by atoms with E-state index in [0.29, 0.717) is 18.6 Å². The molecule has 0 aliphatic rings. The first-order valence-corrected chi connectivity index (χ1v) is 8.61. The van der Waals surface area contributed by atoms with E-state index in [0.717, 1.165) is 15.6 Å². The molecule has 0 aliphatic heterocycles. The van der Waals surface area contributed by atoms with Gasteiger partial charge in [-0.3, -0.25) is 4.79 Å². The van der Waals surface area contributed by atoms with E-state index >= 15 is 0 Å². The third-order valence-electron chi connectivity index (χ3n) is 3.75. The van der Waals surface area contributed by atoms with Gasteiger partial charge >= 0.3 is 5.97 Å². The third-order valence-corrected chi connectivity index (χ3v) is 4.37. The summed E-state index contributed by atoms with van der Waals surface area (Å²) in [5.41, 5.74) is 3.72. The number of esters is 1. The predicted molar refractivity (Wildman–Crippen MR) is 98.0 cm³/mol. The fourth-order valence-corrected chi connectivity index (χ4v) is 2.85. The zero-order valence-electron chi connectivity index (χ0n) is 14.2. The van der Waals surface area contributed by atoms with Gasteiger partial charge in [-0.05, 0) is 63.5 Å². The van der Waals surface area contributed by atoms with Crippen molar-refractivity contribution in [1.29, 1.82) is 0 Å². The van der Waals surface area contributed by atoms with Crippen molar-refractivity contribution < 1.29 is 9.53 Å². The van der Waals surface area contributed by atoms with Crippen molar-refractivity contribution in [1.82, 2.24) is 0 Å². The van der Waals surface area contributed by atoms with Gasteiger partial charge in [-0.1, -0.05) is 51.1 Å². The number of hydrogen-bond acceptors (Lipinski definition) is 2. The molecular weight excluding hydrogens is 352 g/mol. The van der Waals surface area contributed by atoms with Gasteiger partial charge in [0, 0.05) is 6.42 Å². The molecule has 3 heteroatoms. The van der Waals surface area contributed by atoms with Crippen LogP contribution < -0.4 is 4.74 Å². The van der Waals surface area contributed by atoms with E-state index in [-0.39, 0.29) is 11.4 Å². The van der Waals surface area contributed by atoms with Crippen LogP contribution in [0.5, 0.6) is 5.75 Å². The van der Waals surface area contributed by atoms with E-state index in [4.69, 9.17) is 4.74 Å². The molecule has 0 aliphatic carbocycles. The number of aryl methyl sites for hydroxylation is 2. The lowest BCUT2D eigenvalue weighted by molar-refractivity contribution is -0.134. The molecule has 0 aromatic heterocycles. The first kappa shape index (κ1) is 17.7. The summed E-state index contributed by atoms with van der Waals surface area (Å²) < 4.78 is 6.22. The molecule has 2 aromatic carbocycles. The maximum Gasteiger partial charge on any atom is 0.311 e. The van der Waals surface area contributed by atoms with Crippen LogP contribution in [0.25, 0.3) is 0 Å². The smallest absolute Gasteiger partial charge is 0.311 e. The van der Waals surface area contributed by atoms with E-state index in [2.05, 4.69) is 61.0 Å². The van der Waals surface area contributed by atoms with Gasteiger partial charge in [-0.2, -0.15) is 0 Å². The Morgan fingerprint density at radius 1 is 1.09 bits per heavy atom. The van der Waals surface area contributed by atoms with Crippen LogP contribution in [-0.2, 0) is 16.6 Å². The van der Waals surface area contributed by atoms with Gasteiger partial charge in [0.1, 0.15) is 5.75 Å². The highest BCUT2D eigenvalue weighted by Gasteiger charge is 2.13. The molecule has 0 fully saturated rings.